The van der Waals surface area contributed by atoms with Crippen molar-refractivity contribution in [1.82, 2.24) is 0 Å². The van der Waals surface area contributed by atoms with Gasteiger partial charge in [-0.1, -0.05) is 380 Å². The highest BCUT2D eigenvalue weighted by molar-refractivity contribution is 5.71. The van der Waals surface area contributed by atoms with E-state index in [0.29, 0.717) is 19.3 Å². The number of carbonyl (C=O) groups excluding carboxylic acids is 3. The number of carbonyl (C=O) groups is 3. The van der Waals surface area contributed by atoms with Gasteiger partial charge in [0.1, 0.15) is 13.2 Å². The molecule has 0 aliphatic heterocycles. The van der Waals surface area contributed by atoms with Gasteiger partial charge in [0.25, 0.3) is 0 Å². The van der Waals surface area contributed by atoms with Crippen molar-refractivity contribution >= 4 is 17.9 Å². The largest absolute Gasteiger partial charge is 0.462 e. The van der Waals surface area contributed by atoms with Gasteiger partial charge in [0.15, 0.2) is 6.10 Å². The van der Waals surface area contributed by atoms with Crippen LogP contribution in [0.5, 0.6) is 0 Å². The minimum absolute atomic E-state index is 0.0656. The Morgan fingerprint density at radius 3 is 0.630 bits per heavy atom. The molecule has 0 fully saturated rings. The maximum absolute atomic E-state index is 12.9. The molecule has 1 unspecified atom stereocenters. The molecule has 0 heterocycles. The minimum atomic E-state index is -0.770. The average molecular weight is 1140 g/mol. The Kier molecular flexibility index (Phi) is 69.0. The summed E-state index contributed by atoms with van der Waals surface area (Å²) < 4.78 is 17.0. The lowest BCUT2D eigenvalue weighted by molar-refractivity contribution is -0.167. The number of rotatable bonds is 70. The molecule has 0 aromatic heterocycles. The van der Waals surface area contributed by atoms with Crippen LogP contribution in [0.4, 0.5) is 0 Å². The summed E-state index contributed by atoms with van der Waals surface area (Å²) in [7, 11) is 0. The van der Waals surface area contributed by atoms with Crippen molar-refractivity contribution in [3.63, 3.8) is 0 Å². The molecule has 0 rings (SSSR count). The molecule has 0 saturated carbocycles. The predicted molar refractivity (Wildman–Crippen MR) is 353 cm³/mol. The van der Waals surface area contributed by atoms with Gasteiger partial charge in [0.2, 0.25) is 0 Å². The third-order valence-electron chi connectivity index (χ3n) is 17.3. The fourth-order valence-corrected chi connectivity index (χ4v) is 11.7. The van der Waals surface area contributed by atoms with Crippen LogP contribution in [-0.4, -0.2) is 37.2 Å². The fourth-order valence-electron chi connectivity index (χ4n) is 11.7. The van der Waals surface area contributed by atoms with Crippen molar-refractivity contribution < 1.29 is 28.6 Å². The summed E-state index contributed by atoms with van der Waals surface area (Å²) in [6.07, 6.45) is 85.5. The van der Waals surface area contributed by atoms with E-state index in [0.717, 1.165) is 64.2 Å². The summed E-state index contributed by atoms with van der Waals surface area (Å²) in [5, 5.41) is 0. The van der Waals surface area contributed by atoms with Crippen LogP contribution >= 0.6 is 0 Å². The van der Waals surface area contributed by atoms with E-state index >= 15 is 0 Å². The molecular formula is C75H144O6. The Balaban J connectivity index is 4.11. The van der Waals surface area contributed by atoms with Crippen molar-refractivity contribution in [2.75, 3.05) is 13.2 Å². The number of ether oxygens (including phenoxy) is 3. The summed E-state index contributed by atoms with van der Waals surface area (Å²) in [6.45, 7) is 6.71. The zero-order chi connectivity index (χ0) is 58.5. The molecule has 480 valence electrons. The second-order valence-electron chi connectivity index (χ2n) is 25.6. The van der Waals surface area contributed by atoms with Gasteiger partial charge >= 0.3 is 17.9 Å². The first-order valence-corrected chi connectivity index (χ1v) is 37.2. The molecule has 0 aliphatic rings. The molecule has 0 aliphatic carbocycles. The molecule has 6 heteroatoms. The zero-order valence-electron chi connectivity index (χ0n) is 55.4. The molecule has 0 aromatic carbocycles. The van der Waals surface area contributed by atoms with E-state index in [1.54, 1.807) is 0 Å². The highest BCUT2D eigenvalue weighted by atomic mass is 16.6. The van der Waals surface area contributed by atoms with Crippen LogP contribution in [0.15, 0.2) is 12.2 Å². The van der Waals surface area contributed by atoms with E-state index in [2.05, 4.69) is 32.9 Å². The van der Waals surface area contributed by atoms with Gasteiger partial charge in [-0.05, 0) is 44.9 Å². The van der Waals surface area contributed by atoms with E-state index < -0.39 is 6.10 Å². The fraction of sp³-hybridized carbons (Fsp3) is 0.933. The molecule has 6 nitrogen and oxygen atoms in total. The molecule has 0 saturated heterocycles. The Morgan fingerprint density at radius 2 is 0.407 bits per heavy atom. The Hall–Kier alpha value is -1.85. The maximum atomic E-state index is 12.9. The maximum Gasteiger partial charge on any atom is 0.306 e. The van der Waals surface area contributed by atoms with Crippen LogP contribution in [-0.2, 0) is 28.6 Å². The zero-order valence-corrected chi connectivity index (χ0v) is 55.4. The molecule has 0 aromatic rings. The van der Waals surface area contributed by atoms with Crippen LogP contribution in [0.1, 0.15) is 432 Å². The molecule has 0 radical (unpaired) electrons. The van der Waals surface area contributed by atoms with Gasteiger partial charge in [-0.2, -0.15) is 0 Å². The van der Waals surface area contributed by atoms with Crippen molar-refractivity contribution in [3.05, 3.63) is 12.2 Å². The van der Waals surface area contributed by atoms with Crippen LogP contribution in [0.25, 0.3) is 0 Å². The topological polar surface area (TPSA) is 78.9 Å². The van der Waals surface area contributed by atoms with Gasteiger partial charge in [0.05, 0.1) is 0 Å². The number of unbranched alkanes of at least 4 members (excludes halogenated alkanes) is 57. The first-order valence-electron chi connectivity index (χ1n) is 37.2. The van der Waals surface area contributed by atoms with E-state index in [1.807, 2.05) is 0 Å². The van der Waals surface area contributed by atoms with Crippen LogP contribution in [0.2, 0.25) is 0 Å². The highest BCUT2D eigenvalue weighted by Gasteiger charge is 2.20. The molecule has 0 spiro atoms. The van der Waals surface area contributed by atoms with Crippen LogP contribution < -0.4 is 0 Å². The van der Waals surface area contributed by atoms with E-state index in [9.17, 15) is 14.4 Å². The van der Waals surface area contributed by atoms with Gasteiger partial charge < -0.3 is 14.2 Å². The number of esters is 3. The van der Waals surface area contributed by atoms with Gasteiger partial charge in [-0.15, -0.1) is 0 Å². The molecule has 0 bridgehead atoms. The highest BCUT2D eigenvalue weighted by Crippen LogP contribution is 2.20. The first kappa shape index (κ1) is 79.2. The smallest absolute Gasteiger partial charge is 0.306 e. The molecule has 81 heavy (non-hydrogen) atoms. The third kappa shape index (κ3) is 68.8. The normalized spacial score (nSPS) is 12.0. The Morgan fingerprint density at radius 1 is 0.235 bits per heavy atom. The lowest BCUT2D eigenvalue weighted by atomic mass is 10.0. The van der Waals surface area contributed by atoms with Crippen LogP contribution in [0, 0.1) is 0 Å². The average Bonchev–Trinajstić information content (AvgIpc) is 3.46. The summed E-state index contributed by atoms with van der Waals surface area (Å²) in [5.74, 6) is -0.839. The minimum Gasteiger partial charge on any atom is -0.462 e. The Bertz CT molecular complexity index is 1260. The quantitative estimate of drug-likeness (QED) is 0.0261. The summed E-state index contributed by atoms with van der Waals surface area (Å²) in [4.78, 5) is 38.4. The first-order chi connectivity index (χ1) is 40.0. The predicted octanol–water partition coefficient (Wildman–Crippen LogP) is 25.6. The molecule has 1 atom stereocenters. The van der Waals surface area contributed by atoms with Gasteiger partial charge in [-0.3, -0.25) is 14.4 Å². The molecule has 0 amide bonds. The summed E-state index contributed by atoms with van der Waals surface area (Å²) >= 11 is 0. The lowest BCUT2D eigenvalue weighted by Crippen LogP contribution is -2.30. The Labute approximate surface area is 507 Å². The van der Waals surface area contributed by atoms with Crippen molar-refractivity contribution in [3.8, 4) is 0 Å². The van der Waals surface area contributed by atoms with Gasteiger partial charge in [-0.25, -0.2) is 0 Å². The second-order valence-corrected chi connectivity index (χ2v) is 25.6. The number of hydrogen-bond acceptors (Lipinski definition) is 6. The summed E-state index contributed by atoms with van der Waals surface area (Å²) in [6, 6.07) is 0. The second kappa shape index (κ2) is 70.6. The van der Waals surface area contributed by atoms with Crippen molar-refractivity contribution in [2.45, 2.75) is 438 Å². The van der Waals surface area contributed by atoms with Crippen molar-refractivity contribution in [2.24, 2.45) is 0 Å². The third-order valence-corrected chi connectivity index (χ3v) is 17.3. The lowest BCUT2D eigenvalue weighted by Gasteiger charge is -2.18. The molecular weight excluding hydrogens is 997 g/mol. The monoisotopic (exact) mass is 1140 g/mol. The van der Waals surface area contributed by atoms with Gasteiger partial charge in [0, 0.05) is 19.3 Å². The SMILES string of the molecule is CCCCCC/C=C\CCCCCCCC(=O)OCC(COC(=O)CCCCCCCCCCCCCCCCCCCCCCCCCCCCCCCCC)OC(=O)CCCCCCCCCCCCCCCCCCCCC. The standard InChI is InChI=1S/C75H144O6/c1-4-7-10-13-16-19-22-25-27-29-31-32-33-34-35-36-37-38-39-40-41-42-44-45-47-50-53-56-59-62-65-68-74(77)80-71-72(70-79-73(76)67-64-61-58-55-52-49-24-21-18-15-12-9-6-3)81-75(78)69-66-63-60-57-54-51-48-46-43-30-28-26-23-20-17-14-11-8-5-2/h21,24,72H,4-20,22-23,25-71H2,1-3H3/b24-21-. The number of hydrogen-bond donors (Lipinski definition) is 0. The van der Waals surface area contributed by atoms with E-state index in [1.165, 1.54) is 327 Å². The van der Waals surface area contributed by atoms with Crippen LogP contribution in [0.3, 0.4) is 0 Å². The van der Waals surface area contributed by atoms with E-state index in [4.69, 9.17) is 14.2 Å². The number of allylic oxidation sites excluding steroid dienone is 2. The van der Waals surface area contributed by atoms with Crippen molar-refractivity contribution in [1.29, 1.82) is 0 Å². The van der Waals surface area contributed by atoms with E-state index in [-0.39, 0.29) is 31.1 Å². The summed E-state index contributed by atoms with van der Waals surface area (Å²) in [5.41, 5.74) is 0. The molecule has 0 N–H and O–H groups in total.